The summed E-state index contributed by atoms with van der Waals surface area (Å²) in [6.07, 6.45) is 0. The van der Waals surface area contributed by atoms with E-state index in [0.29, 0.717) is 10.5 Å². The molecule has 76 valence electrons. The topological polar surface area (TPSA) is 41.6 Å². The number of aryl methyl sites for hydroxylation is 2. The highest BCUT2D eigenvalue weighted by molar-refractivity contribution is 7.71. The molecule has 0 saturated heterocycles. The maximum atomic E-state index is 5.07. The molecule has 4 heteroatoms. The number of aromatic nitrogens is 3. The van der Waals surface area contributed by atoms with Crippen LogP contribution in [-0.2, 0) is 0 Å². The first-order valence-electron chi connectivity index (χ1n) is 4.67. The van der Waals surface area contributed by atoms with Gasteiger partial charge in [-0.2, -0.15) is 5.10 Å². The van der Waals surface area contributed by atoms with Crippen LogP contribution >= 0.6 is 12.2 Å². The Kier molecular flexibility index (Phi) is 2.60. The van der Waals surface area contributed by atoms with Gasteiger partial charge in [0.05, 0.1) is 5.69 Å². The van der Waals surface area contributed by atoms with Gasteiger partial charge in [-0.05, 0) is 13.8 Å². The third-order valence-corrected chi connectivity index (χ3v) is 2.56. The normalized spacial score (nSPS) is 10.3. The largest absolute Gasteiger partial charge is 0.260 e. The quantitative estimate of drug-likeness (QED) is 0.747. The highest BCUT2D eigenvalue weighted by Crippen LogP contribution is 2.14. The molecule has 0 atom stereocenters. The van der Waals surface area contributed by atoms with Crippen LogP contribution in [0.1, 0.15) is 11.3 Å². The minimum Gasteiger partial charge on any atom is -0.260 e. The van der Waals surface area contributed by atoms with Crippen molar-refractivity contribution in [3.8, 4) is 11.4 Å². The van der Waals surface area contributed by atoms with E-state index in [0.717, 1.165) is 11.3 Å². The number of benzene rings is 1. The molecule has 0 spiro atoms. The second kappa shape index (κ2) is 3.90. The summed E-state index contributed by atoms with van der Waals surface area (Å²) < 4.78 is 0.546. The Bertz CT molecular complexity index is 528. The Morgan fingerprint density at radius 1 is 1.13 bits per heavy atom. The van der Waals surface area contributed by atoms with E-state index in [1.165, 1.54) is 5.56 Å². The lowest BCUT2D eigenvalue weighted by molar-refractivity contribution is 0.925. The fourth-order valence-electron chi connectivity index (χ4n) is 1.23. The molecule has 0 amide bonds. The first-order valence-corrected chi connectivity index (χ1v) is 5.08. The number of hydrogen-bond acceptors (Lipinski definition) is 3. The summed E-state index contributed by atoms with van der Waals surface area (Å²) in [5.74, 6) is 0.714. The number of hydrogen-bond donors (Lipinski definition) is 1. The zero-order valence-corrected chi connectivity index (χ0v) is 9.43. The highest BCUT2D eigenvalue weighted by atomic mass is 32.1. The van der Waals surface area contributed by atoms with Crippen LogP contribution in [0.25, 0.3) is 11.4 Å². The van der Waals surface area contributed by atoms with Crippen molar-refractivity contribution in [2.75, 3.05) is 0 Å². The number of nitrogens with zero attached hydrogens (tertiary/aromatic N) is 2. The lowest BCUT2D eigenvalue weighted by Crippen LogP contribution is -1.95. The Morgan fingerprint density at radius 3 is 2.40 bits per heavy atom. The summed E-state index contributed by atoms with van der Waals surface area (Å²) in [6.45, 7) is 3.89. The van der Waals surface area contributed by atoms with Gasteiger partial charge >= 0.3 is 0 Å². The number of aromatic amines is 1. The monoisotopic (exact) mass is 217 g/mol. The molecule has 1 N–H and O–H groups in total. The van der Waals surface area contributed by atoms with Crippen LogP contribution in [0.3, 0.4) is 0 Å². The zero-order chi connectivity index (χ0) is 10.8. The zero-order valence-electron chi connectivity index (χ0n) is 8.61. The van der Waals surface area contributed by atoms with Gasteiger partial charge in [-0.15, -0.1) is 0 Å². The molecule has 2 rings (SSSR count). The van der Waals surface area contributed by atoms with Gasteiger partial charge in [-0.3, -0.25) is 5.10 Å². The molecule has 0 radical (unpaired) electrons. The van der Waals surface area contributed by atoms with Crippen molar-refractivity contribution >= 4 is 12.2 Å². The van der Waals surface area contributed by atoms with E-state index in [1.807, 2.05) is 38.1 Å². The molecular weight excluding hydrogens is 206 g/mol. The van der Waals surface area contributed by atoms with Crippen molar-refractivity contribution in [1.29, 1.82) is 0 Å². The summed E-state index contributed by atoms with van der Waals surface area (Å²) >= 11 is 5.07. The Balaban J connectivity index is 2.50. The van der Waals surface area contributed by atoms with E-state index in [4.69, 9.17) is 12.2 Å². The van der Waals surface area contributed by atoms with Crippen molar-refractivity contribution in [3.63, 3.8) is 0 Å². The second-order valence-electron chi connectivity index (χ2n) is 3.44. The minimum atomic E-state index is 0.546. The Hall–Kier alpha value is -1.55. The van der Waals surface area contributed by atoms with Crippen molar-refractivity contribution in [3.05, 3.63) is 40.2 Å². The second-order valence-corrected chi connectivity index (χ2v) is 3.83. The molecule has 15 heavy (non-hydrogen) atoms. The van der Waals surface area contributed by atoms with Gasteiger partial charge in [-0.25, -0.2) is 4.98 Å². The van der Waals surface area contributed by atoms with E-state index in [2.05, 4.69) is 15.2 Å². The third kappa shape index (κ3) is 2.10. The Morgan fingerprint density at radius 2 is 1.80 bits per heavy atom. The molecule has 3 nitrogen and oxygen atoms in total. The minimum absolute atomic E-state index is 0.546. The van der Waals surface area contributed by atoms with E-state index in [-0.39, 0.29) is 0 Å². The summed E-state index contributed by atoms with van der Waals surface area (Å²) in [5.41, 5.74) is 2.97. The van der Waals surface area contributed by atoms with Gasteiger partial charge in [0.25, 0.3) is 0 Å². The lowest BCUT2D eigenvalue weighted by atomic mass is 10.1. The molecular formula is C11H11N3S. The number of H-pyrrole nitrogens is 1. The molecule has 2 aromatic rings. The van der Waals surface area contributed by atoms with Gasteiger partial charge in [0.1, 0.15) is 0 Å². The highest BCUT2D eigenvalue weighted by Gasteiger charge is 2.00. The fraction of sp³-hybridized carbons (Fsp3) is 0.182. The average Bonchev–Trinajstić information content (AvgIpc) is 2.23. The lowest BCUT2D eigenvalue weighted by Gasteiger charge is -2.01. The number of rotatable bonds is 1. The van der Waals surface area contributed by atoms with E-state index >= 15 is 0 Å². The molecule has 0 unspecified atom stereocenters. The van der Waals surface area contributed by atoms with Gasteiger partial charge in [-0.1, -0.05) is 42.0 Å². The SMILES string of the molecule is Cc1ccc(-c2nc(=S)c(C)n[nH]2)cc1. The van der Waals surface area contributed by atoms with Crippen LogP contribution in [0.15, 0.2) is 24.3 Å². The first-order chi connectivity index (χ1) is 7.16. The summed E-state index contributed by atoms with van der Waals surface area (Å²) in [5, 5.41) is 6.97. The molecule has 1 heterocycles. The molecule has 0 aliphatic heterocycles. The van der Waals surface area contributed by atoms with Crippen LogP contribution in [0.2, 0.25) is 0 Å². The maximum Gasteiger partial charge on any atom is 0.155 e. The molecule has 0 aliphatic carbocycles. The van der Waals surface area contributed by atoms with Crippen LogP contribution in [0.5, 0.6) is 0 Å². The summed E-state index contributed by atoms with van der Waals surface area (Å²) in [6, 6.07) is 8.07. The van der Waals surface area contributed by atoms with Gasteiger partial charge in [0, 0.05) is 5.56 Å². The molecule has 0 aliphatic rings. The van der Waals surface area contributed by atoms with Crippen molar-refractivity contribution in [1.82, 2.24) is 15.2 Å². The molecule has 0 fully saturated rings. The van der Waals surface area contributed by atoms with Gasteiger partial charge in [0.2, 0.25) is 0 Å². The molecule has 0 saturated carbocycles. The molecule has 0 bridgehead atoms. The first kappa shape index (κ1) is 9.98. The summed E-state index contributed by atoms with van der Waals surface area (Å²) in [7, 11) is 0. The Labute approximate surface area is 93.2 Å². The van der Waals surface area contributed by atoms with Crippen LogP contribution in [0.4, 0.5) is 0 Å². The van der Waals surface area contributed by atoms with E-state index in [9.17, 15) is 0 Å². The average molecular weight is 217 g/mol. The number of nitrogens with one attached hydrogen (secondary N) is 1. The van der Waals surface area contributed by atoms with Gasteiger partial charge in [0.15, 0.2) is 10.5 Å². The van der Waals surface area contributed by atoms with Gasteiger partial charge < -0.3 is 0 Å². The van der Waals surface area contributed by atoms with Crippen LogP contribution in [-0.4, -0.2) is 15.2 Å². The molecule has 1 aromatic carbocycles. The smallest absolute Gasteiger partial charge is 0.155 e. The standard InChI is InChI=1S/C11H11N3S/c1-7-3-5-9(6-4-7)10-12-11(15)8(2)13-14-10/h3-6H,1-2H3,(H,12,14,15). The fourth-order valence-corrected chi connectivity index (χ4v) is 1.37. The van der Waals surface area contributed by atoms with Crippen molar-refractivity contribution < 1.29 is 0 Å². The van der Waals surface area contributed by atoms with Crippen molar-refractivity contribution in [2.45, 2.75) is 13.8 Å². The van der Waals surface area contributed by atoms with E-state index in [1.54, 1.807) is 0 Å². The molecule has 1 aromatic heterocycles. The van der Waals surface area contributed by atoms with Crippen molar-refractivity contribution in [2.24, 2.45) is 0 Å². The predicted octanol–water partition coefficient (Wildman–Crippen LogP) is 2.82. The summed E-state index contributed by atoms with van der Waals surface area (Å²) in [4.78, 5) is 4.27. The van der Waals surface area contributed by atoms with Crippen LogP contribution in [0, 0.1) is 18.5 Å². The third-order valence-electron chi connectivity index (χ3n) is 2.18. The van der Waals surface area contributed by atoms with E-state index < -0.39 is 0 Å². The van der Waals surface area contributed by atoms with Crippen LogP contribution < -0.4 is 0 Å². The predicted molar refractivity (Wildman–Crippen MR) is 62.1 cm³/mol. The maximum absolute atomic E-state index is 5.07.